The summed E-state index contributed by atoms with van der Waals surface area (Å²) in [6.45, 7) is 21.7. The number of halogens is 1. The van der Waals surface area contributed by atoms with Crippen molar-refractivity contribution in [2.24, 2.45) is 0 Å². The van der Waals surface area contributed by atoms with E-state index in [2.05, 4.69) is 53.6 Å². The van der Waals surface area contributed by atoms with Crippen molar-refractivity contribution >= 4 is 71.0 Å². The number of thioether (sulfide) groups is 2. The van der Waals surface area contributed by atoms with Crippen molar-refractivity contribution in [1.29, 1.82) is 0.594 Å². The third-order valence-corrected chi connectivity index (χ3v) is 15.3. The van der Waals surface area contributed by atoms with Gasteiger partial charge in [0.25, 0.3) is 17.7 Å². The van der Waals surface area contributed by atoms with E-state index in [-0.39, 0.29) is 100 Å². The molecule has 2 aliphatic rings. The van der Waals surface area contributed by atoms with E-state index in [1.54, 1.807) is 92.4 Å². The average Bonchev–Trinajstić information content (AvgIpc) is 4.23. The maximum atomic E-state index is 13.7. The minimum atomic E-state index is -1.77. The zero-order valence-corrected chi connectivity index (χ0v) is 50.9. The first kappa shape index (κ1) is 69.7. The Kier molecular flexibility index (Phi) is 29.6. The molecule has 0 saturated carbocycles. The normalized spacial score (nSPS) is 16.9. The van der Waals surface area contributed by atoms with Crippen LogP contribution in [0.25, 0.3) is 0 Å². The van der Waals surface area contributed by atoms with E-state index in [0.29, 0.717) is 17.7 Å². The van der Waals surface area contributed by atoms with E-state index in [0.717, 1.165) is 17.0 Å². The molecule has 2 saturated heterocycles. The van der Waals surface area contributed by atoms with Gasteiger partial charge in [0.1, 0.15) is 23.6 Å². The van der Waals surface area contributed by atoms with Crippen LogP contribution < -0.4 is 58.5 Å². The van der Waals surface area contributed by atoms with E-state index >= 15 is 0 Å². The number of alkyl halides is 1. The molecule has 448 valence electrons. The van der Waals surface area contributed by atoms with Crippen LogP contribution in [0.1, 0.15) is 91.9 Å². The Morgan fingerprint density at radius 1 is 0.707 bits per heavy atom. The van der Waals surface area contributed by atoms with Crippen LogP contribution in [0.4, 0.5) is 0 Å². The zero-order chi connectivity index (χ0) is 61.3. The Balaban J connectivity index is 0.000000460. The molecule has 2 unspecified atom stereocenters. The number of aliphatic hydroxyl groups excluding tert-OH is 2. The minimum absolute atomic E-state index is 0. The number of carboxylic acid groups (broad SMARTS) is 1. The molecule has 8 N–H and O–H groups in total. The third kappa shape index (κ3) is 21.3. The van der Waals surface area contributed by atoms with Crippen molar-refractivity contribution in [3.63, 3.8) is 0 Å². The fourth-order valence-electron chi connectivity index (χ4n) is 8.48. The Morgan fingerprint density at radius 2 is 1.13 bits per heavy atom. The summed E-state index contributed by atoms with van der Waals surface area (Å²) in [5, 5.41) is 44.6. The van der Waals surface area contributed by atoms with E-state index in [1.165, 1.54) is 36.6 Å². The first-order chi connectivity index (χ1) is 38.7. The number of aliphatic carboxylic acids is 1. The van der Waals surface area contributed by atoms with Gasteiger partial charge in [-0.1, -0.05) is 92.4 Å². The van der Waals surface area contributed by atoms with Crippen LogP contribution in [0.3, 0.4) is 0 Å². The van der Waals surface area contributed by atoms with Crippen LogP contribution in [-0.4, -0.2) is 144 Å². The summed E-state index contributed by atoms with van der Waals surface area (Å²) in [5.74, 6) is -2.94. The first-order valence-electron chi connectivity index (χ1n) is 26.0. The van der Waals surface area contributed by atoms with Gasteiger partial charge in [0.05, 0.1) is 18.0 Å². The summed E-state index contributed by atoms with van der Waals surface area (Å²) in [6, 6.07) is 24.6. The summed E-state index contributed by atoms with van der Waals surface area (Å²) < 4.78 is 16.0. The van der Waals surface area contributed by atoms with Gasteiger partial charge in [-0.25, -0.2) is 4.79 Å². The number of ether oxygens (including phenoxy) is 2. The van der Waals surface area contributed by atoms with E-state index in [1.807, 2.05) is 55.2 Å². The third-order valence-electron chi connectivity index (χ3n) is 12.7. The van der Waals surface area contributed by atoms with Gasteiger partial charge in [-0.2, -0.15) is 0 Å². The monoisotopic (exact) mass is 1280 g/mol. The molecule has 4 aromatic rings. The van der Waals surface area contributed by atoms with Crippen molar-refractivity contribution in [3.05, 3.63) is 156 Å². The molecule has 0 radical (unpaired) electrons. The van der Waals surface area contributed by atoms with E-state index in [9.17, 15) is 48.6 Å². The van der Waals surface area contributed by atoms with Gasteiger partial charge in [-0.15, -0.1) is 36.7 Å². The number of hydrogen-bond donors (Lipinski definition) is 8. The van der Waals surface area contributed by atoms with Crippen molar-refractivity contribution in [3.8, 4) is 11.5 Å². The molecule has 2 fully saturated rings. The number of carbonyl (C=O) groups excluding carboxylic acids is 7. The molecule has 0 aromatic heterocycles. The molecule has 0 spiro atoms. The number of esters is 2. The number of nitrogens with one attached hydrogen (secondary N) is 5. The molecule has 4 aromatic carbocycles. The van der Waals surface area contributed by atoms with Crippen LogP contribution in [0.5, 0.6) is 11.5 Å². The zero-order valence-electron chi connectivity index (χ0n) is 48.1. The van der Waals surface area contributed by atoms with Gasteiger partial charge in [0, 0.05) is 64.6 Å². The number of carboxylic acids is 1. The second kappa shape index (κ2) is 34.8. The van der Waals surface area contributed by atoms with Crippen LogP contribution in [0.15, 0.2) is 122 Å². The molecule has 22 heteroatoms. The Morgan fingerprint density at radius 3 is 1.52 bits per heavy atom. The van der Waals surface area contributed by atoms with Crippen LogP contribution >= 0.6 is 23.5 Å². The van der Waals surface area contributed by atoms with Gasteiger partial charge < -0.3 is 51.0 Å². The van der Waals surface area contributed by atoms with Gasteiger partial charge in [0.15, 0.2) is 12.2 Å². The summed E-state index contributed by atoms with van der Waals surface area (Å²) in [7, 11) is 0. The van der Waals surface area contributed by atoms with Gasteiger partial charge in [-0.3, -0.25) is 38.9 Å². The van der Waals surface area contributed by atoms with Crippen LogP contribution in [0.2, 0.25) is 0 Å². The number of benzene rings is 4. The summed E-state index contributed by atoms with van der Waals surface area (Å²) in [5.41, 5.74) is 2.93. The number of amides is 5. The van der Waals surface area contributed by atoms with E-state index < -0.39 is 70.7 Å². The second-order valence-corrected chi connectivity index (χ2v) is 22.7. The average molecular weight is 1290 g/mol. The fraction of sp³-hybridized carbons (Fsp3) is 0.400. The number of aliphatic hydroxyl groups is 2. The van der Waals surface area contributed by atoms with Crippen molar-refractivity contribution in [1.82, 2.24) is 31.5 Å². The molecular weight excluding hydrogens is 1200 g/mol. The predicted octanol–water partition coefficient (Wildman–Crippen LogP) is 2.58. The molecule has 82 heavy (non-hydrogen) atoms. The molecule has 6 rings (SSSR count). The Hall–Kier alpha value is -6.57. The topological polar surface area (TPSA) is 279 Å². The number of nitrogens with zero attached hydrogens (tertiary/aromatic N) is 1. The van der Waals surface area contributed by atoms with Crippen molar-refractivity contribution < 1.29 is 85.5 Å². The molecule has 0 bridgehead atoms. The number of rotatable bonds is 20. The first-order valence-corrected chi connectivity index (χ1v) is 29.8. The summed E-state index contributed by atoms with van der Waals surface area (Å²) in [4.78, 5) is 101. The molecule has 2 aliphatic heterocycles. The van der Waals surface area contributed by atoms with Gasteiger partial charge in [0.2, 0.25) is 11.8 Å². The van der Waals surface area contributed by atoms with Gasteiger partial charge >= 0.3 is 45.8 Å². The second-order valence-electron chi connectivity index (χ2n) is 19.5. The van der Waals surface area contributed by atoms with Gasteiger partial charge in [-0.05, 0) is 89.8 Å². The predicted molar refractivity (Wildman–Crippen MR) is 319 cm³/mol. The summed E-state index contributed by atoms with van der Waals surface area (Å²) in [6.07, 6.45) is 0.148. The summed E-state index contributed by atoms with van der Waals surface area (Å²) >= 11 is 3.05. The van der Waals surface area contributed by atoms with Crippen LogP contribution in [0, 0.1) is 13.8 Å². The number of hydrogen-bond acceptors (Lipinski definition) is 15. The Labute approximate surface area is 504 Å². The molecule has 0 aliphatic carbocycles. The molecule has 5 amide bonds. The number of carbonyl (C=O) groups is 8. The molecular formula is C60H80IN6O13S2-. The molecule has 6 atom stereocenters. The Bertz CT molecular complexity index is 2850. The standard InChI is InChI=1S/C29H35N3O6S.C20H21NO6.C9H16N2OS.CH4I.CH4/c1-6-15-30-27(36)25-29(4,5)39-17-32(25)28(37)24(34)22(16-20-11-8-7-9-12-20)31-26(35)21-13-10-14-23(18(21)2)38-19(3)33;1-12-15(9-6-10-17(12)27-13(2)22)19(24)21-16(18(23)20(25)26)11-14-7-4-3-5-8-14;1-4-5-10-8(12)7-9(2,3)13-6-11-7;1-2;/h6-14,22,24-25,34H,1,15-17H2,2-5H3,(H,30,36)(H,31,35);3-10,16,18,23H,11H2,1-2H3,(H,21,24)(H,25,26);4,7,11H,1,5-6H2,2-3H3,(H,10,12);2H,1H3;1H4/q;;;-1;/t22-,24-,25?;16-,18-;;;/m00.../s1/i;;;2D;. The van der Waals surface area contributed by atoms with E-state index in [4.69, 9.17) is 15.2 Å². The van der Waals surface area contributed by atoms with Crippen molar-refractivity contribution in [2.75, 3.05) is 29.8 Å². The molecule has 2 heterocycles. The molecule has 19 nitrogen and oxygen atoms in total. The van der Waals surface area contributed by atoms with Crippen molar-refractivity contribution in [2.45, 2.75) is 122 Å². The fourth-order valence-corrected chi connectivity index (χ4v) is 10.6. The maximum absolute atomic E-state index is 13.7. The van der Waals surface area contributed by atoms with Crippen LogP contribution in [-0.2, 0) is 41.6 Å². The SMILES string of the molecule is C.C=CCNC(=O)C1N(C(=O)[C@@H](O)[C@H](Cc2ccccc2)NC(=O)c2cccc(OC(C)=O)c2C)CSC1(C)C.C=CCNC(=O)C1NCSC1(C)C.CC(=O)Oc1cccc(C(=O)N[C@@H](Cc2ccccc2)[C@H](O)C(=O)O)c1C.[2H][I-]C. The quantitative estimate of drug-likeness (QED) is 0.0208.